The predicted octanol–water partition coefficient (Wildman–Crippen LogP) is 2.54. The summed E-state index contributed by atoms with van der Waals surface area (Å²) >= 11 is 1.02. The summed E-state index contributed by atoms with van der Waals surface area (Å²) in [5.41, 5.74) is 0.790. The Morgan fingerprint density at radius 1 is 1.32 bits per heavy atom. The van der Waals surface area contributed by atoms with E-state index in [4.69, 9.17) is 4.74 Å². The van der Waals surface area contributed by atoms with Crippen LogP contribution in [0.3, 0.4) is 0 Å². The molecular weight excluding hydrogens is 264 g/mol. The second-order valence-electron chi connectivity index (χ2n) is 4.13. The van der Waals surface area contributed by atoms with Gasteiger partial charge in [0.2, 0.25) is 0 Å². The lowest BCUT2D eigenvalue weighted by Crippen LogP contribution is -2.34. The Labute approximate surface area is 116 Å². The van der Waals surface area contributed by atoms with E-state index in [1.54, 1.807) is 19.2 Å². The van der Waals surface area contributed by atoms with Crippen LogP contribution in [0, 0.1) is 0 Å². The van der Waals surface area contributed by atoms with Gasteiger partial charge < -0.3 is 10.1 Å². The highest BCUT2D eigenvalue weighted by Gasteiger charge is 2.38. The predicted molar refractivity (Wildman–Crippen MR) is 75.4 cm³/mol. The van der Waals surface area contributed by atoms with Gasteiger partial charge in [0, 0.05) is 12.2 Å². The number of benzene rings is 1. The van der Waals surface area contributed by atoms with Crippen LogP contribution in [-0.4, -0.2) is 35.1 Å². The average molecular weight is 280 g/mol. The molecule has 1 aromatic rings. The van der Waals surface area contributed by atoms with Crippen molar-refractivity contribution in [2.75, 3.05) is 19.0 Å². The van der Waals surface area contributed by atoms with Gasteiger partial charge in [-0.3, -0.25) is 14.5 Å². The highest BCUT2D eigenvalue weighted by atomic mass is 32.2. The number of ether oxygens (including phenoxy) is 1. The lowest BCUT2D eigenvalue weighted by molar-refractivity contribution is -0.126. The number of nitrogens with zero attached hydrogens (tertiary/aromatic N) is 1. The van der Waals surface area contributed by atoms with Crippen molar-refractivity contribution in [2.24, 2.45) is 0 Å². The molecule has 0 aromatic heterocycles. The number of methoxy groups -OCH3 is 1. The molecule has 102 valence electrons. The molecule has 1 N–H and O–H groups in total. The first-order chi connectivity index (χ1) is 9.15. The van der Waals surface area contributed by atoms with Crippen molar-refractivity contribution in [2.45, 2.75) is 18.7 Å². The van der Waals surface area contributed by atoms with E-state index in [1.807, 2.05) is 19.1 Å². The maximum absolute atomic E-state index is 12.0. The summed E-state index contributed by atoms with van der Waals surface area (Å²) in [6.07, 6.45) is 0.771. The molecule has 0 aliphatic carbocycles. The molecule has 0 bridgehead atoms. The van der Waals surface area contributed by atoms with Gasteiger partial charge in [-0.15, -0.1) is 0 Å². The van der Waals surface area contributed by atoms with Gasteiger partial charge in [-0.2, -0.15) is 0 Å². The molecule has 5 nitrogen and oxygen atoms in total. The summed E-state index contributed by atoms with van der Waals surface area (Å²) in [7, 11) is 1.60. The van der Waals surface area contributed by atoms with Crippen LogP contribution in [0.1, 0.15) is 13.3 Å². The topological polar surface area (TPSA) is 58.6 Å². The SMILES string of the molecule is CCCN1C(=O)S[C@@H](Nc2ccc(OC)cc2)C1=O. The first kappa shape index (κ1) is 13.7. The van der Waals surface area contributed by atoms with E-state index < -0.39 is 5.37 Å². The summed E-state index contributed by atoms with van der Waals surface area (Å²) in [6, 6.07) is 7.25. The first-order valence-corrected chi connectivity index (χ1v) is 6.96. The Morgan fingerprint density at radius 2 is 2.00 bits per heavy atom. The Morgan fingerprint density at radius 3 is 2.58 bits per heavy atom. The number of thioether (sulfide) groups is 1. The Balaban J connectivity index is 2.03. The van der Waals surface area contributed by atoms with Gasteiger partial charge >= 0.3 is 0 Å². The summed E-state index contributed by atoms with van der Waals surface area (Å²) in [5, 5.41) is 2.34. The molecule has 1 fully saturated rings. The molecule has 1 aromatic carbocycles. The molecule has 2 rings (SSSR count). The lowest BCUT2D eigenvalue weighted by atomic mass is 10.3. The molecule has 0 saturated carbocycles. The Hall–Kier alpha value is -1.69. The standard InChI is InChI=1S/C13H16N2O3S/c1-3-8-15-12(16)11(19-13(15)17)14-9-4-6-10(18-2)7-5-9/h4-7,11,14H,3,8H2,1-2H3/t11-/m1/s1. The van der Waals surface area contributed by atoms with Crippen LogP contribution in [0.4, 0.5) is 10.5 Å². The number of imide groups is 1. The van der Waals surface area contributed by atoms with E-state index in [0.717, 1.165) is 29.6 Å². The highest BCUT2D eigenvalue weighted by molar-refractivity contribution is 8.15. The van der Waals surface area contributed by atoms with Crippen molar-refractivity contribution in [3.63, 3.8) is 0 Å². The van der Waals surface area contributed by atoms with Crippen molar-refractivity contribution in [3.8, 4) is 5.75 Å². The maximum Gasteiger partial charge on any atom is 0.290 e. The van der Waals surface area contributed by atoms with Gasteiger partial charge in [0.25, 0.3) is 11.1 Å². The Bertz CT molecular complexity index is 475. The van der Waals surface area contributed by atoms with Crippen molar-refractivity contribution in [3.05, 3.63) is 24.3 Å². The molecular formula is C13H16N2O3S. The van der Waals surface area contributed by atoms with E-state index in [2.05, 4.69) is 5.32 Å². The number of hydrogen-bond donors (Lipinski definition) is 1. The fourth-order valence-corrected chi connectivity index (χ4v) is 2.73. The molecule has 0 radical (unpaired) electrons. The molecule has 2 amide bonds. The molecule has 19 heavy (non-hydrogen) atoms. The summed E-state index contributed by atoms with van der Waals surface area (Å²) < 4.78 is 5.06. The molecule has 1 atom stereocenters. The third kappa shape index (κ3) is 3.01. The maximum atomic E-state index is 12.0. The van der Waals surface area contributed by atoms with Crippen molar-refractivity contribution in [1.29, 1.82) is 0 Å². The number of carbonyl (C=O) groups is 2. The summed E-state index contributed by atoms with van der Waals surface area (Å²) in [6.45, 7) is 2.42. The van der Waals surface area contributed by atoms with E-state index >= 15 is 0 Å². The van der Waals surface area contributed by atoms with E-state index in [9.17, 15) is 9.59 Å². The van der Waals surface area contributed by atoms with Gasteiger partial charge in [0.15, 0.2) is 5.37 Å². The molecule has 6 heteroatoms. The number of carbonyl (C=O) groups excluding carboxylic acids is 2. The smallest absolute Gasteiger partial charge is 0.290 e. The van der Waals surface area contributed by atoms with Crippen LogP contribution < -0.4 is 10.1 Å². The Kier molecular flexibility index (Phi) is 4.31. The highest BCUT2D eigenvalue weighted by Crippen LogP contribution is 2.28. The zero-order valence-electron chi connectivity index (χ0n) is 10.9. The second-order valence-corrected chi connectivity index (χ2v) is 5.18. The zero-order chi connectivity index (χ0) is 13.8. The van der Waals surface area contributed by atoms with Crippen molar-refractivity contribution < 1.29 is 14.3 Å². The van der Waals surface area contributed by atoms with Gasteiger partial charge in [-0.1, -0.05) is 6.92 Å². The minimum absolute atomic E-state index is 0.173. The lowest BCUT2D eigenvalue weighted by Gasteiger charge is -2.14. The normalized spacial score (nSPS) is 18.8. The summed E-state index contributed by atoms with van der Waals surface area (Å²) in [5.74, 6) is 0.576. The van der Waals surface area contributed by atoms with Crippen LogP contribution in [0.15, 0.2) is 24.3 Å². The fourth-order valence-electron chi connectivity index (χ4n) is 1.80. The minimum Gasteiger partial charge on any atom is -0.497 e. The third-order valence-electron chi connectivity index (χ3n) is 2.76. The molecule has 1 saturated heterocycles. The van der Waals surface area contributed by atoms with E-state index in [-0.39, 0.29) is 11.1 Å². The van der Waals surface area contributed by atoms with Crippen LogP contribution >= 0.6 is 11.8 Å². The quantitative estimate of drug-likeness (QED) is 0.898. The average Bonchev–Trinajstić information content (AvgIpc) is 2.68. The van der Waals surface area contributed by atoms with Gasteiger partial charge in [0.1, 0.15) is 5.75 Å². The van der Waals surface area contributed by atoms with Gasteiger partial charge in [0.05, 0.1) is 7.11 Å². The molecule has 0 unspecified atom stereocenters. The third-order valence-corrected chi connectivity index (χ3v) is 3.74. The van der Waals surface area contributed by atoms with Gasteiger partial charge in [-0.25, -0.2) is 0 Å². The van der Waals surface area contributed by atoms with Crippen LogP contribution in [0.2, 0.25) is 0 Å². The number of anilines is 1. The van der Waals surface area contributed by atoms with Crippen molar-refractivity contribution >= 4 is 28.6 Å². The molecule has 1 aliphatic heterocycles. The van der Waals surface area contributed by atoms with Crippen LogP contribution in [-0.2, 0) is 4.79 Å². The minimum atomic E-state index is -0.535. The second kappa shape index (κ2) is 5.97. The summed E-state index contributed by atoms with van der Waals surface area (Å²) in [4.78, 5) is 25.0. The molecule has 0 spiro atoms. The fraction of sp³-hybridized carbons (Fsp3) is 0.385. The molecule has 1 aliphatic rings. The zero-order valence-corrected chi connectivity index (χ0v) is 11.7. The van der Waals surface area contributed by atoms with Crippen molar-refractivity contribution in [1.82, 2.24) is 4.90 Å². The van der Waals surface area contributed by atoms with E-state index in [0.29, 0.717) is 6.54 Å². The van der Waals surface area contributed by atoms with E-state index in [1.165, 1.54) is 4.90 Å². The van der Waals surface area contributed by atoms with Gasteiger partial charge in [-0.05, 0) is 42.4 Å². The first-order valence-electron chi connectivity index (χ1n) is 6.08. The number of nitrogens with one attached hydrogen (secondary N) is 1. The van der Waals surface area contributed by atoms with Crippen LogP contribution in [0.5, 0.6) is 5.75 Å². The number of rotatable bonds is 5. The number of hydrogen-bond acceptors (Lipinski definition) is 5. The largest absolute Gasteiger partial charge is 0.497 e. The molecule has 1 heterocycles. The van der Waals surface area contributed by atoms with Crippen LogP contribution in [0.25, 0.3) is 0 Å². The monoisotopic (exact) mass is 280 g/mol. The number of amides is 2.